The molecule has 0 aliphatic carbocycles. The third kappa shape index (κ3) is 12.8. The highest BCUT2D eigenvalue weighted by Crippen LogP contribution is 2.47. The van der Waals surface area contributed by atoms with Gasteiger partial charge in [-0.1, -0.05) is 75.4 Å². The molecule has 0 unspecified atom stereocenters. The van der Waals surface area contributed by atoms with Gasteiger partial charge >= 0.3 is 0 Å². The molecule has 3 atom stereocenters. The van der Waals surface area contributed by atoms with E-state index in [1.807, 2.05) is 118 Å². The Balaban J connectivity index is 0.769. The first-order chi connectivity index (χ1) is 31.8. The molecule has 1 fully saturated rings. The molecular weight excluding hydrogens is 879 g/mol. The van der Waals surface area contributed by atoms with Crippen molar-refractivity contribution >= 4 is 50.4 Å². The summed E-state index contributed by atoms with van der Waals surface area (Å²) in [5, 5.41) is 24.5. The van der Waals surface area contributed by atoms with Crippen molar-refractivity contribution in [2.45, 2.75) is 59.2 Å². The largest absolute Gasteiger partial charge is 0.508 e. The van der Waals surface area contributed by atoms with Crippen LogP contribution >= 0.6 is 22.7 Å². The number of likely N-dealkylation sites (tertiary alicyclic amines) is 1. The van der Waals surface area contributed by atoms with Crippen LogP contribution in [0.4, 0.5) is 0 Å². The number of aliphatic hydroxyl groups excluding tert-OH is 1. The number of rotatable bonds is 22. The third-order valence-electron chi connectivity index (χ3n) is 11.3. The smallest absolute Gasteiger partial charge is 0.243 e. The van der Waals surface area contributed by atoms with Gasteiger partial charge in [-0.05, 0) is 71.5 Å². The number of fused-ring (bicyclic) bond motifs is 1. The molecule has 15 heteroatoms. The standard InChI is InChI=1S/C51H57N3O10S2/c1-33-47(65-32-53-33)36-12-10-34(11-13-36)29-52-49(58)44-27-38(56)30-54(44)50(59)43(51(2,3)4)26-39(57)31-62-23-22-60-20-21-61-24-25-63-40-15-17-41(18-16-40)64-46-42-19-14-37(55)28-45(42)66-48(46)35-8-6-5-7-9-35/h5-19,28,32,38,43-44,55-56H,20-27,29-31H2,1-4H3,(H,52,58)/t38-,43-,44+/m1/s1. The van der Waals surface area contributed by atoms with Crippen LogP contribution in [0.15, 0.2) is 103 Å². The molecule has 6 aromatic rings. The van der Waals surface area contributed by atoms with Gasteiger partial charge in [0, 0.05) is 41.9 Å². The Morgan fingerprint density at radius 3 is 2.18 bits per heavy atom. The predicted molar refractivity (Wildman–Crippen MR) is 256 cm³/mol. The van der Waals surface area contributed by atoms with E-state index in [1.165, 1.54) is 4.90 Å². The minimum atomic E-state index is -0.845. The van der Waals surface area contributed by atoms with E-state index in [0.717, 1.165) is 48.0 Å². The fourth-order valence-electron chi connectivity index (χ4n) is 7.73. The second-order valence-corrected chi connectivity index (χ2v) is 19.2. The van der Waals surface area contributed by atoms with Crippen molar-refractivity contribution in [3.63, 3.8) is 0 Å². The minimum absolute atomic E-state index is 0.0228. The summed E-state index contributed by atoms with van der Waals surface area (Å²) in [6.45, 7) is 9.61. The number of β-amino-alcohol motifs (C(OH)–C–C–N with tert-alkyl or cyclic N) is 1. The first-order valence-corrected chi connectivity index (χ1v) is 23.8. The summed E-state index contributed by atoms with van der Waals surface area (Å²) < 4.78 is 30.0. The number of ether oxygens (including phenoxy) is 5. The van der Waals surface area contributed by atoms with Crippen molar-refractivity contribution in [1.29, 1.82) is 0 Å². The Bertz CT molecular complexity index is 2540. The van der Waals surface area contributed by atoms with Crippen LogP contribution in [0, 0.1) is 18.3 Å². The lowest BCUT2D eigenvalue weighted by atomic mass is 9.77. The molecular formula is C51H57N3O10S2. The molecule has 348 valence electrons. The first kappa shape index (κ1) is 48.3. The molecule has 4 aromatic carbocycles. The number of phenols is 1. The number of phenolic OH excluding ortho intramolecular Hbond substituents is 1. The van der Waals surface area contributed by atoms with Gasteiger partial charge in [-0.15, -0.1) is 22.7 Å². The van der Waals surface area contributed by atoms with Crippen LogP contribution in [0.1, 0.15) is 44.9 Å². The van der Waals surface area contributed by atoms with Crippen molar-refractivity contribution in [1.82, 2.24) is 15.2 Å². The van der Waals surface area contributed by atoms with E-state index in [4.69, 9.17) is 23.7 Å². The number of nitrogens with one attached hydrogen (secondary N) is 1. The number of hydrogen-bond acceptors (Lipinski definition) is 13. The summed E-state index contributed by atoms with van der Waals surface area (Å²) in [4.78, 5) is 48.3. The molecule has 1 aliphatic rings. The first-order valence-electron chi connectivity index (χ1n) is 22.1. The molecule has 3 N–H and O–H groups in total. The monoisotopic (exact) mass is 935 g/mol. The molecule has 3 heterocycles. The number of aryl methyl sites for hydroxylation is 1. The van der Waals surface area contributed by atoms with Crippen molar-refractivity contribution in [2.75, 3.05) is 52.8 Å². The minimum Gasteiger partial charge on any atom is -0.508 e. The van der Waals surface area contributed by atoms with Crippen LogP contribution < -0.4 is 14.8 Å². The van der Waals surface area contributed by atoms with E-state index in [2.05, 4.69) is 10.3 Å². The van der Waals surface area contributed by atoms with Gasteiger partial charge in [0.25, 0.3) is 0 Å². The summed E-state index contributed by atoms with van der Waals surface area (Å²) >= 11 is 3.15. The number of amides is 2. The number of thiazole rings is 1. The summed E-state index contributed by atoms with van der Waals surface area (Å²) in [7, 11) is 0. The van der Waals surface area contributed by atoms with Gasteiger partial charge in [0.1, 0.15) is 36.5 Å². The number of carbonyl (C=O) groups excluding carboxylic acids is 3. The molecule has 7 rings (SSSR count). The second-order valence-electron chi connectivity index (χ2n) is 17.2. The van der Waals surface area contributed by atoms with Gasteiger partial charge in [0.05, 0.1) is 60.1 Å². The van der Waals surface area contributed by atoms with Crippen molar-refractivity contribution in [2.24, 2.45) is 11.3 Å². The molecule has 0 saturated carbocycles. The normalized spacial score (nSPS) is 15.5. The maximum atomic E-state index is 14.0. The topological polar surface area (TPSA) is 166 Å². The molecule has 66 heavy (non-hydrogen) atoms. The van der Waals surface area contributed by atoms with Crippen molar-refractivity contribution in [3.05, 3.63) is 114 Å². The van der Waals surface area contributed by atoms with Gasteiger partial charge in [0.15, 0.2) is 11.5 Å². The molecule has 2 aromatic heterocycles. The highest BCUT2D eigenvalue weighted by atomic mass is 32.1. The van der Waals surface area contributed by atoms with E-state index in [1.54, 1.807) is 34.8 Å². The molecule has 1 aliphatic heterocycles. The quantitative estimate of drug-likeness (QED) is 0.0557. The lowest BCUT2D eigenvalue weighted by Crippen LogP contribution is -2.50. The molecule has 0 spiro atoms. The van der Waals surface area contributed by atoms with Crippen LogP contribution in [-0.2, 0) is 35.1 Å². The maximum absolute atomic E-state index is 14.0. The van der Waals surface area contributed by atoms with Crippen molar-refractivity contribution < 1.29 is 48.3 Å². The van der Waals surface area contributed by atoms with Crippen LogP contribution in [0.5, 0.6) is 23.0 Å². The summed E-state index contributed by atoms with van der Waals surface area (Å²) in [5.41, 5.74) is 5.19. The predicted octanol–water partition coefficient (Wildman–Crippen LogP) is 8.83. The van der Waals surface area contributed by atoms with Gasteiger partial charge in [-0.2, -0.15) is 0 Å². The Morgan fingerprint density at radius 2 is 1.50 bits per heavy atom. The summed E-state index contributed by atoms with van der Waals surface area (Å²) in [5.74, 6) is 0.647. The highest BCUT2D eigenvalue weighted by Gasteiger charge is 2.44. The molecule has 0 radical (unpaired) electrons. The number of thiophene rings is 1. The van der Waals surface area contributed by atoms with Crippen molar-refractivity contribution in [3.8, 4) is 43.9 Å². The maximum Gasteiger partial charge on any atom is 0.243 e. The van der Waals surface area contributed by atoms with E-state index >= 15 is 0 Å². The zero-order valence-corrected chi connectivity index (χ0v) is 39.3. The molecule has 2 amide bonds. The van der Waals surface area contributed by atoms with Gasteiger partial charge < -0.3 is 44.1 Å². The van der Waals surface area contributed by atoms with Gasteiger partial charge in [-0.25, -0.2) is 4.98 Å². The van der Waals surface area contributed by atoms with Gasteiger partial charge in [-0.3, -0.25) is 14.4 Å². The number of aromatic hydroxyl groups is 1. The Morgan fingerprint density at radius 1 is 0.833 bits per heavy atom. The number of ketones is 1. The Labute approximate surface area is 393 Å². The zero-order valence-electron chi connectivity index (χ0n) is 37.7. The number of hydrogen-bond donors (Lipinski definition) is 3. The van der Waals surface area contributed by atoms with E-state index < -0.39 is 23.5 Å². The number of aliphatic hydroxyl groups is 1. The highest BCUT2D eigenvalue weighted by molar-refractivity contribution is 7.22. The molecule has 1 saturated heterocycles. The van der Waals surface area contributed by atoms with E-state index in [-0.39, 0.29) is 69.1 Å². The summed E-state index contributed by atoms with van der Waals surface area (Å²) in [6, 6.07) is 29.8. The van der Waals surface area contributed by atoms with E-state index in [9.17, 15) is 24.6 Å². The number of carbonyl (C=O) groups is 3. The van der Waals surface area contributed by atoms with Gasteiger partial charge in [0.2, 0.25) is 11.8 Å². The number of aromatic nitrogens is 1. The fraction of sp³-hybridized carbons (Fsp3) is 0.373. The molecule has 0 bridgehead atoms. The van der Waals surface area contributed by atoms with Crippen LogP contribution in [0.25, 0.3) is 31.0 Å². The SMILES string of the molecule is Cc1ncsc1-c1ccc(CNC(=O)[C@@H]2C[C@@H](O)CN2C(=O)[C@@H](CC(=O)COCCOCCOCCOc2ccc(Oc3c(-c4ccccc4)sc4cc(O)ccc34)cc2)C(C)(C)C)cc1. The fourth-order valence-corrected chi connectivity index (χ4v) is 9.71. The van der Waals surface area contributed by atoms with Crippen LogP contribution in [-0.4, -0.2) is 103 Å². The van der Waals surface area contributed by atoms with E-state index in [0.29, 0.717) is 37.9 Å². The lowest BCUT2D eigenvalue weighted by molar-refractivity contribution is -0.146. The number of nitrogens with zero attached hydrogens (tertiary/aromatic N) is 2. The Hall–Kier alpha value is -5.68. The summed E-state index contributed by atoms with van der Waals surface area (Å²) in [6.07, 6.45) is -0.777. The average Bonchev–Trinajstić information content (AvgIpc) is 4.03. The number of benzene rings is 4. The average molecular weight is 936 g/mol. The van der Waals surface area contributed by atoms with Crippen LogP contribution in [0.3, 0.4) is 0 Å². The number of Topliss-reactive ketones (excluding diaryl/α,β-unsaturated/α-hetero) is 1. The third-order valence-corrected chi connectivity index (χ3v) is 13.4. The Kier molecular flexibility index (Phi) is 16.6. The van der Waals surface area contributed by atoms with Crippen LogP contribution in [0.2, 0.25) is 0 Å². The zero-order chi connectivity index (χ0) is 46.6. The second kappa shape index (κ2) is 22.7. The molecule has 13 nitrogen and oxygen atoms in total. The lowest BCUT2D eigenvalue weighted by Gasteiger charge is -2.34.